The summed E-state index contributed by atoms with van der Waals surface area (Å²) >= 11 is 1.93. The molecule has 1 unspecified atom stereocenters. The first-order valence-electron chi connectivity index (χ1n) is 6.28. The van der Waals surface area contributed by atoms with Crippen molar-refractivity contribution in [2.75, 3.05) is 6.54 Å². The average Bonchev–Trinajstić information content (AvgIpc) is 2.58. The van der Waals surface area contributed by atoms with Crippen LogP contribution in [0.5, 0.6) is 0 Å². The third kappa shape index (κ3) is 2.24. The van der Waals surface area contributed by atoms with E-state index in [0.29, 0.717) is 6.04 Å². The van der Waals surface area contributed by atoms with Crippen molar-refractivity contribution in [3.63, 3.8) is 0 Å². The predicted octanol–water partition coefficient (Wildman–Crippen LogP) is 4.50. The van der Waals surface area contributed by atoms with E-state index < -0.39 is 0 Å². The molecule has 0 fully saturated rings. The van der Waals surface area contributed by atoms with Gasteiger partial charge in [-0.25, -0.2) is 0 Å². The van der Waals surface area contributed by atoms with Crippen LogP contribution in [0.1, 0.15) is 41.5 Å². The average molecular weight is 247 g/mol. The number of fused-ring (bicyclic) bond motifs is 1. The van der Waals surface area contributed by atoms with Crippen LogP contribution in [-0.4, -0.2) is 6.54 Å². The van der Waals surface area contributed by atoms with Gasteiger partial charge < -0.3 is 5.32 Å². The summed E-state index contributed by atoms with van der Waals surface area (Å²) in [5.74, 6) is 0. The molecule has 0 spiro atoms. The molecule has 0 bridgehead atoms. The molecular weight excluding hydrogens is 226 g/mol. The normalized spacial score (nSPS) is 13.2. The largest absolute Gasteiger partial charge is 0.310 e. The van der Waals surface area contributed by atoms with Crippen LogP contribution >= 0.6 is 11.3 Å². The van der Waals surface area contributed by atoms with Gasteiger partial charge in [-0.05, 0) is 62.4 Å². The number of hydrogen-bond donors (Lipinski definition) is 1. The maximum atomic E-state index is 3.50. The van der Waals surface area contributed by atoms with E-state index in [-0.39, 0.29) is 0 Å². The Balaban J connectivity index is 2.56. The first kappa shape index (κ1) is 12.6. The Bertz CT molecular complexity index is 539. The lowest BCUT2D eigenvalue weighted by Crippen LogP contribution is -2.17. The van der Waals surface area contributed by atoms with Crippen molar-refractivity contribution in [3.05, 3.63) is 33.7 Å². The first-order chi connectivity index (χ1) is 8.04. The minimum Gasteiger partial charge on any atom is -0.310 e. The topological polar surface area (TPSA) is 12.0 Å². The number of thiophene rings is 1. The SMILES string of the molecule is CCNC(C)c1sc2cc(C)c(C)cc2c1C. The highest BCUT2D eigenvalue weighted by molar-refractivity contribution is 7.19. The molecule has 17 heavy (non-hydrogen) atoms. The van der Waals surface area contributed by atoms with Crippen LogP contribution in [0.4, 0.5) is 0 Å². The van der Waals surface area contributed by atoms with Gasteiger partial charge in [0.1, 0.15) is 0 Å². The molecule has 0 amide bonds. The van der Waals surface area contributed by atoms with E-state index in [9.17, 15) is 0 Å². The van der Waals surface area contributed by atoms with Gasteiger partial charge in [-0.1, -0.05) is 13.0 Å². The van der Waals surface area contributed by atoms with Gasteiger partial charge in [0, 0.05) is 15.6 Å². The quantitative estimate of drug-likeness (QED) is 0.842. The fourth-order valence-corrected chi connectivity index (χ4v) is 3.62. The summed E-state index contributed by atoms with van der Waals surface area (Å²) < 4.78 is 1.42. The zero-order chi connectivity index (χ0) is 12.6. The van der Waals surface area contributed by atoms with E-state index in [1.807, 2.05) is 11.3 Å². The van der Waals surface area contributed by atoms with Crippen molar-refractivity contribution in [2.24, 2.45) is 0 Å². The van der Waals surface area contributed by atoms with Crippen molar-refractivity contribution in [3.8, 4) is 0 Å². The van der Waals surface area contributed by atoms with Crippen molar-refractivity contribution in [1.82, 2.24) is 5.32 Å². The van der Waals surface area contributed by atoms with E-state index in [1.165, 1.54) is 31.7 Å². The highest BCUT2D eigenvalue weighted by Crippen LogP contribution is 2.36. The highest BCUT2D eigenvalue weighted by Gasteiger charge is 2.14. The number of rotatable bonds is 3. The Morgan fingerprint density at radius 2 is 1.82 bits per heavy atom. The van der Waals surface area contributed by atoms with Gasteiger partial charge in [-0.2, -0.15) is 0 Å². The van der Waals surface area contributed by atoms with Crippen LogP contribution in [0.25, 0.3) is 10.1 Å². The molecule has 2 aromatic rings. The first-order valence-corrected chi connectivity index (χ1v) is 7.09. The van der Waals surface area contributed by atoms with Crippen molar-refractivity contribution in [1.29, 1.82) is 0 Å². The molecule has 1 atom stereocenters. The van der Waals surface area contributed by atoms with Crippen LogP contribution in [0.2, 0.25) is 0 Å². The van der Waals surface area contributed by atoms with Crippen LogP contribution < -0.4 is 5.32 Å². The molecule has 0 saturated carbocycles. The molecule has 2 rings (SSSR count). The molecule has 0 aliphatic heterocycles. The third-order valence-corrected chi connectivity index (χ3v) is 4.93. The van der Waals surface area contributed by atoms with Crippen LogP contribution in [0.15, 0.2) is 12.1 Å². The minimum atomic E-state index is 0.456. The minimum absolute atomic E-state index is 0.456. The lowest BCUT2D eigenvalue weighted by molar-refractivity contribution is 0.605. The summed E-state index contributed by atoms with van der Waals surface area (Å²) in [6.45, 7) is 12.1. The van der Waals surface area contributed by atoms with E-state index in [4.69, 9.17) is 0 Å². The molecule has 0 saturated heterocycles. The van der Waals surface area contributed by atoms with Gasteiger partial charge in [0.2, 0.25) is 0 Å². The van der Waals surface area contributed by atoms with Crippen LogP contribution in [0.3, 0.4) is 0 Å². The molecule has 0 radical (unpaired) electrons. The second kappa shape index (κ2) is 4.79. The Hall–Kier alpha value is -0.860. The van der Waals surface area contributed by atoms with Gasteiger partial charge in [0.25, 0.3) is 0 Å². The fraction of sp³-hybridized carbons (Fsp3) is 0.467. The molecule has 1 N–H and O–H groups in total. The molecule has 0 aliphatic rings. The lowest BCUT2D eigenvalue weighted by atomic mass is 10.0. The zero-order valence-electron chi connectivity index (χ0n) is 11.3. The van der Waals surface area contributed by atoms with E-state index >= 15 is 0 Å². The third-order valence-electron chi connectivity index (χ3n) is 3.49. The summed E-state index contributed by atoms with van der Waals surface area (Å²) in [4.78, 5) is 1.48. The van der Waals surface area contributed by atoms with Gasteiger partial charge in [-0.3, -0.25) is 0 Å². The highest BCUT2D eigenvalue weighted by atomic mass is 32.1. The molecule has 0 aliphatic carbocycles. The maximum Gasteiger partial charge on any atom is 0.0389 e. The molecule has 1 aromatic heterocycles. The van der Waals surface area contributed by atoms with Crippen LogP contribution in [0, 0.1) is 20.8 Å². The van der Waals surface area contributed by atoms with E-state index in [1.54, 1.807) is 0 Å². The van der Waals surface area contributed by atoms with Gasteiger partial charge in [0.05, 0.1) is 0 Å². The van der Waals surface area contributed by atoms with Gasteiger partial charge in [-0.15, -0.1) is 11.3 Å². The lowest BCUT2D eigenvalue weighted by Gasteiger charge is -2.11. The van der Waals surface area contributed by atoms with Crippen LogP contribution in [-0.2, 0) is 0 Å². The summed E-state index contributed by atoms with van der Waals surface area (Å²) in [5, 5.41) is 4.93. The Morgan fingerprint density at radius 3 is 2.47 bits per heavy atom. The molecular formula is C15H21NS. The molecule has 1 heterocycles. The standard InChI is InChI=1S/C15H21NS/c1-6-16-12(5)15-11(4)13-7-9(2)10(3)8-14(13)17-15/h7-8,12,16H,6H2,1-5H3. The summed E-state index contributed by atoms with van der Waals surface area (Å²) in [6, 6.07) is 5.11. The molecule has 2 heteroatoms. The van der Waals surface area contributed by atoms with E-state index in [2.05, 4.69) is 52.1 Å². The number of aryl methyl sites for hydroxylation is 3. The summed E-state index contributed by atoms with van der Waals surface area (Å²) in [7, 11) is 0. The Labute approximate surface area is 108 Å². The van der Waals surface area contributed by atoms with E-state index in [0.717, 1.165) is 6.54 Å². The maximum absolute atomic E-state index is 3.50. The smallest absolute Gasteiger partial charge is 0.0389 e. The summed E-state index contributed by atoms with van der Waals surface area (Å²) in [6.07, 6.45) is 0. The predicted molar refractivity (Wildman–Crippen MR) is 78.1 cm³/mol. The summed E-state index contributed by atoms with van der Waals surface area (Å²) in [5.41, 5.74) is 4.23. The monoisotopic (exact) mass is 247 g/mol. The second-order valence-corrected chi connectivity index (χ2v) is 5.89. The number of nitrogens with one attached hydrogen (secondary N) is 1. The Morgan fingerprint density at radius 1 is 1.18 bits per heavy atom. The fourth-order valence-electron chi connectivity index (χ4n) is 2.31. The molecule has 1 nitrogen and oxygen atoms in total. The van der Waals surface area contributed by atoms with Crippen molar-refractivity contribution in [2.45, 2.75) is 40.7 Å². The second-order valence-electron chi connectivity index (χ2n) is 4.80. The Kier molecular flexibility index (Phi) is 3.55. The zero-order valence-corrected chi connectivity index (χ0v) is 12.2. The van der Waals surface area contributed by atoms with Gasteiger partial charge in [0.15, 0.2) is 0 Å². The van der Waals surface area contributed by atoms with Crippen molar-refractivity contribution >= 4 is 21.4 Å². The molecule has 92 valence electrons. The number of benzene rings is 1. The van der Waals surface area contributed by atoms with Crippen molar-refractivity contribution < 1.29 is 0 Å². The molecule has 1 aromatic carbocycles. The number of hydrogen-bond acceptors (Lipinski definition) is 2. The van der Waals surface area contributed by atoms with Gasteiger partial charge >= 0.3 is 0 Å².